The zero-order valence-corrected chi connectivity index (χ0v) is 11.0. The van der Waals surface area contributed by atoms with E-state index in [-0.39, 0.29) is 0 Å². The largest absolute Gasteiger partial charge is 0.309 e. The summed E-state index contributed by atoms with van der Waals surface area (Å²) in [6.45, 7) is 4.17. The van der Waals surface area contributed by atoms with Gasteiger partial charge in [-0.25, -0.2) is 0 Å². The van der Waals surface area contributed by atoms with Gasteiger partial charge in [-0.2, -0.15) is 0 Å². The first-order valence-corrected chi connectivity index (χ1v) is 6.31. The van der Waals surface area contributed by atoms with Crippen molar-refractivity contribution in [1.29, 1.82) is 5.41 Å². The van der Waals surface area contributed by atoms with Crippen LogP contribution < -0.4 is 0 Å². The van der Waals surface area contributed by atoms with Gasteiger partial charge in [0.1, 0.15) is 0 Å². The van der Waals surface area contributed by atoms with Crippen LogP contribution in [0.2, 0.25) is 0 Å². The van der Waals surface area contributed by atoms with Gasteiger partial charge >= 0.3 is 0 Å². The molecule has 2 rings (SSSR count). The van der Waals surface area contributed by atoms with Crippen molar-refractivity contribution in [1.82, 2.24) is 0 Å². The SMILES string of the molecule is Cc1ccc(CC(=N)Cc2ccc(C)cc2)cc1. The minimum atomic E-state index is 0.744. The predicted molar refractivity (Wildman–Crippen MR) is 77.5 cm³/mol. The Kier molecular flexibility index (Phi) is 3.93. The summed E-state index contributed by atoms with van der Waals surface area (Å²) in [5.74, 6) is 0. The van der Waals surface area contributed by atoms with E-state index in [1.54, 1.807) is 0 Å². The zero-order chi connectivity index (χ0) is 13.0. The highest BCUT2D eigenvalue weighted by Gasteiger charge is 2.01. The van der Waals surface area contributed by atoms with Gasteiger partial charge in [0.2, 0.25) is 0 Å². The van der Waals surface area contributed by atoms with E-state index in [1.807, 2.05) is 0 Å². The lowest BCUT2D eigenvalue weighted by atomic mass is 10.0. The van der Waals surface area contributed by atoms with E-state index in [0.717, 1.165) is 18.6 Å². The highest BCUT2D eigenvalue weighted by molar-refractivity contribution is 5.85. The standard InChI is InChI=1S/C17H19N/c1-13-3-7-15(8-4-13)11-17(18)12-16-9-5-14(2)6-10-16/h3-10,18H,11-12H2,1-2H3. The normalized spacial score (nSPS) is 10.3. The molecule has 1 nitrogen and oxygen atoms in total. The molecule has 0 unspecified atom stereocenters. The maximum atomic E-state index is 8.07. The van der Waals surface area contributed by atoms with E-state index in [2.05, 4.69) is 62.4 Å². The Labute approximate surface area is 109 Å². The molecule has 1 heteroatoms. The first kappa shape index (κ1) is 12.6. The van der Waals surface area contributed by atoms with Crippen LogP contribution in [0, 0.1) is 19.3 Å². The molecule has 0 saturated heterocycles. The molecule has 0 aliphatic heterocycles. The molecule has 92 valence electrons. The molecule has 0 heterocycles. The molecule has 0 amide bonds. The van der Waals surface area contributed by atoms with E-state index >= 15 is 0 Å². The van der Waals surface area contributed by atoms with Crippen molar-refractivity contribution in [2.24, 2.45) is 0 Å². The predicted octanol–water partition coefficient (Wildman–Crippen LogP) is 4.11. The van der Waals surface area contributed by atoms with E-state index < -0.39 is 0 Å². The first-order valence-electron chi connectivity index (χ1n) is 6.31. The molecule has 0 saturated carbocycles. The molecule has 0 aromatic heterocycles. The highest BCUT2D eigenvalue weighted by Crippen LogP contribution is 2.08. The van der Waals surface area contributed by atoms with Gasteiger partial charge in [-0.3, -0.25) is 0 Å². The fraction of sp³-hybridized carbons (Fsp3) is 0.235. The Hall–Kier alpha value is -1.89. The lowest BCUT2D eigenvalue weighted by Crippen LogP contribution is -2.05. The fourth-order valence-electron chi connectivity index (χ4n) is 1.97. The molecule has 0 spiro atoms. The van der Waals surface area contributed by atoms with Gasteiger partial charge in [-0.05, 0) is 25.0 Å². The maximum Gasteiger partial charge on any atom is 0.0177 e. The molecule has 2 aromatic rings. The molecular formula is C17H19N. The van der Waals surface area contributed by atoms with Crippen molar-refractivity contribution in [3.63, 3.8) is 0 Å². The summed E-state index contributed by atoms with van der Waals surface area (Å²) in [4.78, 5) is 0. The van der Waals surface area contributed by atoms with Crippen molar-refractivity contribution in [2.75, 3.05) is 0 Å². The van der Waals surface area contributed by atoms with Gasteiger partial charge < -0.3 is 5.41 Å². The van der Waals surface area contributed by atoms with Crippen LogP contribution in [-0.4, -0.2) is 5.71 Å². The summed E-state index contributed by atoms with van der Waals surface area (Å²) in [6.07, 6.45) is 1.49. The van der Waals surface area contributed by atoms with Crippen LogP contribution in [0.15, 0.2) is 48.5 Å². The second-order valence-electron chi connectivity index (χ2n) is 4.93. The van der Waals surface area contributed by atoms with Gasteiger partial charge in [-0.15, -0.1) is 0 Å². The van der Waals surface area contributed by atoms with Crippen molar-refractivity contribution < 1.29 is 0 Å². The Balaban J connectivity index is 1.96. The molecule has 18 heavy (non-hydrogen) atoms. The lowest BCUT2D eigenvalue weighted by molar-refractivity contribution is 1.17. The number of rotatable bonds is 4. The van der Waals surface area contributed by atoms with Crippen LogP contribution >= 0.6 is 0 Å². The maximum absolute atomic E-state index is 8.07. The first-order chi connectivity index (χ1) is 8.63. The third-order valence-corrected chi connectivity index (χ3v) is 3.08. The topological polar surface area (TPSA) is 23.9 Å². The minimum absolute atomic E-state index is 0.744. The van der Waals surface area contributed by atoms with Gasteiger partial charge in [0.15, 0.2) is 0 Å². The summed E-state index contributed by atoms with van der Waals surface area (Å²) < 4.78 is 0. The molecule has 2 aromatic carbocycles. The van der Waals surface area contributed by atoms with Crippen LogP contribution in [0.1, 0.15) is 22.3 Å². The molecule has 1 N–H and O–H groups in total. The van der Waals surface area contributed by atoms with Crippen molar-refractivity contribution in [3.05, 3.63) is 70.8 Å². The third-order valence-electron chi connectivity index (χ3n) is 3.08. The van der Waals surface area contributed by atoms with Gasteiger partial charge in [0.05, 0.1) is 0 Å². The van der Waals surface area contributed by atoms with E-state index in [1.165, 1.54) is 22.3 Å². The highest BCUT2D eigenvalue weighted by atomic mass is 14.4. The number of hydrogen-bond acceptors (Lipinski definition) is 1. The van der Waals surface area contributed by atoms with E-state index in [4.69, 9.17) is 5.41 Å². The second kappa shape index (κ2) is 5.63. The lowest BCUT2D eigenvalue weighted by Gasteiger charge is -2.05. The molecule has 0 fully saturated rings. The molecule has 0 bridgehead atoms. The van der Waals surface area contributed by atoms with Crippen LogP contribution in [0.3, 0.4) is 0 Å². The smallest absolute Gasteiger partial charge is 0.0177 e. The number of nitrogens with one attached hydrogen (secondary N) is 1. The Morgan fingerprint density at radius 3 is 1.39 bits per heavy atom. The summed E-state index contributed by atoms with van der Waals surface area (Å²) in [5.41, 5.74) is 5.74. The van der Waals surface area contributed by atoms with E-state index in [9.17, 15) is 0 Å². The average molecular weight is 237 g/mol. The molecule has 0 aliphatic rings. The van der Waals surface area contributed by atoms with Crippen molar-refractivity contribution >= 4 is 5.71 Å². The Bertz CT molecular complexity index is 471. The number of hydrogen-bond donors (Lipinski definition) is 1. The quantitative estimate of drug-likeness (QED) is 0.774. The van der Waals surface area contributed by atoms with Crippen LogP contribution in [0.4, 0.5) is 0 Å². The number of benzene rings is 2. The van der Waals surface area contributed by atoms with Crippen LogP contribution in [0.5, 0.6) is 0 Å². The van der Waals surface area contributed by atoms with Crippen LogP contribution in [0.25, 0.3) is 0 Å². The number of aryl methyl sites for hydroxylation is 2. The van der Waals surface area contributed by atoms with Crippen molar-refractivity contribution in [3.8, 4) is 0 Å². The second-order valence-corrected chi connectivity index (χ2v) is 4.93. The molecular weight excluding hydrogens is 218 g/mol. The van der Waals surface area contributed by atoms with Gasteiger partial charge in [0.25, 0.3) is 0 Å². The molecule has 0 aliphatic carbocycles. The summed E-state index contributed by atoms with van der Waals surface area (Å²) in [6, 6.07) is 16.9. The zero-order valence-electron chi connectivity index (χ0n) is 11.0. The third kappa shape index (κ3) is 3.56. The summed E-state index contributed by atoms with van der Waals surface area (Å²) in [7, 11) is 0. The monoisotopic (exact) mass is 237 g/mol. The molecule has 0 atom stereocenters. The Morgan fingerprint density at radius 1 is 0.722 bits per heavy atom. The minimum Gasteiger partial charge on any atom is -0.309 e. The van der Waals surface area contributed by atoms with Gasteiger partial charge in [0, 0.05) is 18.6 Å². The summed E-state index contributed by atoms with van der Waals surface area (Å²) >= 11 is 0. The molecule has 0 radical (unpaired) electrons. The summed E-state index contributed by atoms with van der Waals surface area (Å²) in [5, 5.41) is 8.07. The van der Waals surface area contributed by atoms with Crippen LogP contribution in [-0.2, 0) is 12.8 Å². The average Bonchev–Trinajstić information content (AvgIpc) is 2.35. The van der Waals surface area contributed by atoms with Gasteiger partial charge in [-0.1, -0.05) is 59.7 Å². The van der Waals surface area contributed by atoms with E-state index in [0.29, 0.717) is 0 Å². The fourth-order valence-corrected chi connectivity index (χ4v) is 1.97. The van der Waals surface area contributed by atoms with Crippen molar-refractivity contribution in [2.45, 2.75) is 26.7 Å². The Morgan fingerprint density at radius 2 is 1.06 bits per heavy atom.